The van der Waals surface area contributed by atoms with E-state index in [9.17, 15) is 9.59 Å². The van der Waals surface area contributed by atoms with Gasteiger partial charge < -0.3 is 10.6 Å². The van der Waals surface area contributed by atoms with E-state index in [2.05, 4.69) is 27.5 Å². The van der Waals surface area contributed by atoms with Crippen molar-refractivity contribution in [3.8, 4) is 11.8 Å². The Hall–Kier alpha value is -3.91. The third kappa shape index (κ3) is 6.11. The Labute approximate surface area is 163 Å². The zero-order valence-electron chi connectivity index (χ0n) is 15.2. The molecule has 0 unspecified atom stereocenters. The van der Waals surface area contributed by atoms with Gasteiger partial charge in [-0.05, 0) is 41.8 Å². The van der Waals surface area contributed by atoms with Crippen LogP contribution < -0.4 is 10.6 Å². The largest absolute Gasteiger partial charge is 0.347 e. The fourth-order valence-electron chi connectivity index (χ4n) is 2.48. The van der Waals surface area contributed by atoms with Crippen LogP contribution in [0.25, 0.3) is 0 Å². The Bertz CT molecular complexity index is 1010. The zero-order valence-corrected chi connectivity index (χ0v) is 15.2. The lowest BCUT2D eigenvalue weighted by molar-refractivity contribution is -0.123. The van der Waals surface area contributed by atoms with E-state index in [4.69, 9.17) is 0 Å². The highest BCUT2D eigenvalue weighted by Gasteiger charge is 2.07. The molecule has 138 valence electrons. The van der Waals surface area contributed by atoms with Crippen molar-refractivity contribution in [2.75, 3.05) is 11.9 Å². The average Bonchev–Trinajstić information content (AvgIpc) is 2.73. The topological polar surface area (TPSA) is 71.1 Å². The number of carbonyl (C=O) groups excluding carboxylic acids is 2. The van der Waals surface area contributed by atoms with Crippen LogP contribution in [-0.2, 0) is 16.0 Å². The Kier molecular flexibility index (Phi) is 6.53. The molecule has 3 aromatic rings. The number of anilines is 1. The number of benzene rings is 2. The van der Waals surface area contributed by atoms with Crippen LogP contribution in [0, 0.1) is 11.8 Å². The molecule has 0 aliphatic carbocycles. The maximum Gasteiger partial charge on any atom is 0.243 e. The smallest absolute Gasteiger partial charge is 0.243 e. The second-order valence-electron chi connectivity index (χ2n) is 6.03. The minimum Gasteiger partial charge on any atom is -0.347 e. The number of carbonyl (C=O) groups is 2. The molecule has 5 nitrogen and oxygen atoms in total. The first kappa shape index (κ1) is 18.9. The van der Waals surface area contributed by atoms with Gasteiger partial charge >= 0.3 is 0 Å². The van der Waals surface area contributed by atoms with Crippen LogP contribution in [0.5, 0.6) is 0 Å². The number of rotatable bonds is 5. The predicted octanol–water partition coefficient (Wildman–Crippen LogP) is 2.78. The van der Waals surface area contributed by atoms with E-state index < -0.39 is 0 Å². The molecule has 2 amide bonds. The predicted molar refractivity (Wildman–Crippen MR) is 108 cm³/mol. The van der Waals surface area contributed by atoms with Crippen molar-refractivity contribution in [2.45, 2.75) is 6.42 Å². The van der Waals surface area contributed by atoms with Crippen LogP contribution in [0.3, 0.4) is 0 Å². The van der Waals surface area contributed by atoms with Crippen molar-refractivity contribution in [1.29, 1.82) is 0 Å². The maximum atomic E-state index is 12.1. The minimum absolute atomic E-state index is 0.0878. The van der Waals surface area contributed by atoms with Gasteiger partial charge in [-0.15, -0.1) is 0 Å². The molecule has 0 saturated carbocycles. The first-order valence-electron chi connectivity index (χ1n) is 8.82. The Morgan fingerprint density at radius 3 is 2.46 bits per heavy atom. The summed E-state index contributed by atoms with van der Waals surface area (Å²) in [6, 6.07) is 22.1. The monoisotopic (exact) mass is 369 g/mol. The fourth-order valence-corrected chi connectivity index (χ4v) is 2.48. The Morgan fingerprint density at radius 1 is 0.857 bits per heavy atom. The van der Waals surface area contributed by atoms with E-state index in [1.165, 1.54) is 0 Å². The average molecular weight is 369 g/mol. The molecule has 1 aromatic heterocycles. The summed E-state index contributed by atoms with van der Waals surface area (Å²) < 4.78 is 0. The van der Waals surface area contributed by atoms with Crippen molar-refractivity contribution in [2.24, 2.45) is 0 Å². The zero-order chi connectivity index (χ0) is 19.6. The van der Waals surface area contributed by atoms with Crippen molar-refractivity contribution < 1.29 is 9.59 Å². The molecule has 0 spiro atoms. The summed E-state index contributed by atoms with van der Waals surface area (Å²) in [7, 11) is 0. The quantitative estimate of drug-likeness (QED) is 0.680. The minimum atomic E-state index is -0.295. The van der Waals surface area contributed by atoms with Gasteiger partial charge in [-0.2, -0.15) is 0 Å². The number of hydrogen-bond donors (Lipinski definition) is 2. The van der Waals surface area contributed by atoms with Crippen LogP contribution >= 0.6 is 0 Å². The molecule has 1 heterocycles. The summed E-state index contributed by atoms with van der Waals surface area (Å²) >= 11 is 0. The first-order valence-corrected chi connectivity index (χ1v) is 8.82. The molecule has 5 heteroatoms. The van der Waals surface area contributed by atoms with Gasteiger partial charge in [-0.3, -0.25) is 9.59 Å². The molecule has 28 heavy (non-hydrogen) atoms. The normalized spacial score (nSPS) is 9.71. The summed E-state index contributed by atoms with van der Waals surface area (Å²) in [5.41, 5.74) is 2.96. The SMILES string of the molecule is O=C(Cc1ccccc1)NCC(=O)Nc1cccc(C#Cc2ccccn2)c1. The highest BCUT2D eigenvalue weighted by atomic mass is 16.2. The number of aromatic nitrogens is 1. The molecule has 0 fully saturated rings. The lowest BCUT2D eigenvalue weighted by Gasteiger charge is -2.07. The standard InChI is InChI=1S/C23H19N3O2/c27-22(16-18-7-2-1-3-8-18)25-17-23(28)26-21-11-6-9-19(15-21)12-13-20-10-4-5-14-24-20/h1-11,14-15H,16-17H2,(H,25,27)(H,26,28). The van der Waals surface area contributed by atoms with Crippen molar-refractivity contribution in [3.63, 3.8) is 0 Å². The lowest BCUT2D eigenvalue weighted by Crippen LogP contribution is -2.33. The second kappa shape index (κ2) is 9.70. The Morgan fingerprint density at radius 2 is 1.68 bits per heavy atom. The summed E-state index contributed by atoms with van der Waals surface area (Å²) in [4.78, 5) is 28.2. The molecule has 0 saturated heterocycles. The fraction of sp³-hybridized carbons (Fsp3) is 0.0870. The number of pyridine rings is 1. The van der Waals surface area contributed by atoms with Crippen LogP contribution in [-0.4, -0.2) is 23.3 Å². The van der Waals surface area contributed by atoms with Gasteiger partial charge in [0.1, 0.15) is 5.69 Å². The van der Waals surface area contributed by atoms with E-state index >= 15 is 0 Å². The Balaban J connectivity index is 1.51. The third-order valence-electron chi connectivity index (χ3n) is 3.80. The van der Waals surface area contributed by atoms with Crippen molar-refractivity contribution in [1.82, 2.24) is 10.3 Å². The van der Waals surface area contributed by atoms with Gasteiger partial charge in [0.05, 0.1) is 13.0 Å². The number of hydrogen-bond acceptors (Lipinski definition) is 3. The lowest BCUT2D eigenvalue weighted by atomic mass is 10.1. The second-order valence-corrected chi connectivity index (χ2v) is 6.03. The number of nitrogens with one attached hydrogen (secondary N) is 2. The number of nitrogens with zero attached hydrogens (tertiary/aromatic N) is 1. The summed E-state index contributed by atoms with van der Waals surface area (Å²) in [6.45, 7) is -0.0878. The van der Waals surface area contributed by atoms with Crippen LogP contribution in [0.15, 0.2) is 79.0 Å². The van der Waals surface area contributed by atoms with E-state index in [1.54, 1.807) is 18.3 Å². The van der Waals surface area contributed by atoms with Crippen LogP contribution in [0.1, 0.15) is 16.8 Å². The van der Waals surface area contributed by atoms with Gasteiger partial charge in [-0.1, -0.05) is 48.4 Å². The molecule has 2 N–H and O–H groups in total. The van der Waals surface area contributed by atoms with Gasteiger partial charge in [-0.25, -0.2) is 4.98 Å². The maximum absolute atomic E-state index is 12.1. The van der Waals surface area contributed by atoms with Gasteiger partial charge in [0.15, 0.2) is 0 Å². The van der Waals surface area contributed by atoms with Crippen molar-refractivity contribution >= 4 is 17.5 Å². The molecule has 0 atom stereocenters. The first-order chi connectivity index (χ1) is 13.7. The van der Waals surface area contributed by atoms with E-state index in [0.717, 1.165) is 11.1 Å². The molecular formula is C23H19N3O2. The summed E-state index contributed by atoms with van der Waals surface area (Å²) in [5, 5.41) is 5.39. The van der Waals surface area contributed by atoms with E-state index in [0.29, 0.717) is 11.4 Å². The van der Waals surface area contributed by atoms with E-state index in [-0.39, 0.29) is 24.8 Å². The van der Waals surface area contributed by atoms with Gasteiger partial charge in [0.2, 0.25) is 11.8 Å². The van der Waals surface area contributed by atoms with Gasteiger partial charge in [0.25, 0.3) is 0 Å². The van der Waals surface area contributed by atoms with Gasteiger partial charge in [0, 0.05) is 17.4 Å². The number of amides is 2. The van der Waals surface area contributed by atoms with E-state index in [1.807, 2.05) is 60.7 Å². The molecule has 0 aliphatic heterocycles. The molecule has 0 radical (unpaired) electrons. The highest BCUT2D eigenvalue weighted by molar-refractivity contribution is 5.94. The van der Waals surface area contributed by atoms with Crippen LogP contribution in [0.2, 0.25) is 0 Å². The highest BCUT2D eigenvalue weighted by Crippen LogP contribution is 2.09. The molecular weight excluding hydrogens is 350 g/mol. The molecule has 0 bridgehead atoms. The third-order valence-corrected chi connectivity index (χ3v) is 3.80. The van der Waals surface area contributed by atoms with Crippen LogP contribution in [0.4, 0.5) is 5.69 Å². The molecule has 0 aliphatic rings. The summed E-state index contributed by atoms with van der Waals surface area (Å²) in [5.74, 6) is 5.50. The van der Waals surface area contributed by atoms with Crippen molar-refractivity contribution in [3.05, 3.63) is 95.8 Å². The molecule has 3 rings (SSSR count). The molecule has 2 aromatic carbocycles. The summed E-state index contributed by atoms with van der Waals surface area (Å²) in [6.07, 6.45) is 1.93.